The van der Waals surface area contributed by atoms with Gasteiger partial charge in [0.1, 0.15) is 17.3 Å². The number of methoxy groups -OCH3 is 1. The summed E-state index contributed by atoms with van der Waals surface area (Å²) >= 11 is 0. The highest BCUT2D eigenvalue weighted by molar-refractivity contribution is 6.01. The number of carbonyl (C=O) groups is 2. The summed E-state index contributed by atoms with van der Waals surface area (Å²) in [6.45, 7) is 0.216. The number of rotatable bonds is 9. The third kappa shape index (κ3) is 6.73. The molecule has 7 nitrogen and oxygen atoms in total. The van der Waals surface area contributed by atoms with E-state index in [1.54, 1.807) is 43.5 Å². The molecule has 0 spiro atoms. The molecular weight excluding hydrogens is 413 g/mol. The van der Waals surface area contributed by atoms with Crippen molar-refractivity contribution in [3.05, 3.63) is 84.7 Å². The lowest BCUT2D eigenvalue weighted by Gasteiger charge is -2.23. The maximum absolute atomic E-state index is 13.4. The van der Waals surface area contributed by atoms with Crippen LogP contribution in [0.3, 0.4) is 0 Å². The topological polar surface area (TPSA) is 79.9 Å². The second-order valence-corrected chi connectivity index (χ2v) is 6.74. The van der Waals surface area contributed by atoms with Gasteiger partial charge >= 0.3 is 6.03 Å². The molecule has 0 atom stereocenters. The van der Waals surface area contributed by atoms with E-state index >= 15 is 0 Å². The zero-order valence-corrected chi connectivity index (χ0v) is 17.6. The van der Waals surface area contributed by atoms with Gasteiger partial charge < -0.3 is 20.1 Å². The largest absolute Gasteiger partial charge is 0.497 e. The molecule has 0 bridgehead atoms. The van der Waals surface area contributed by atoms with E-state index in [1.165, 1.54) is 29.2 Å². The number of para-hydroxylation sites is 1. The molecule has 8 heteroatoms. The van der Waals surface area contributed by atoms with Gasteiger partial charge in [-0.05, 0) is 60.7 Å². The van der Waals surface area contributed by atoms with Crippen LogP contribution < -0.4 is 25.0 Å². The van der Waals surface area contributed by atoms with Crippen molar-refractivity contribution < 1.29 is 23.5 Å². The Kier molecular flexibility index (Phi) is 8.02. The van der Waals surface area contributed by atoms with Crippen molar-refractivity contribution in [1.82, 2.24) is 5.32 Å². The number of amides is 3. The van der Waals surface area contributed by atoms with Crippen LogP contribution in [-0.2, 0) is 4.79 Å². The molecule has 0 fully saturated rings. The van der Waals surface area contributed by atoms with Crippen molar-refractivity contribution >= 4 is 23.3 Å². The number of urea groups is 1. The highest BCUT2D eigenvalue weighted by Crippen LogP contribution is 2.19. The van der Waals surface area contributed by atoms with E-state index in [9.17, 15) is 14.0 Å². The summed E-state index contributed by atoms with van der Waals surface area (Å²) < 4.78 is 23.9. The summed E-state index contributed by atoms with van der Waals surface area (Å²) in [5, 5.41) is 5.51. The van der Waals surface area contributed by atoms with Gasteiger partial charge in [0, 0.05) is 24.5 Å². The Balaban J connectivity index is 1.59. The van der Waals surface area contributed by atoms with Crippen LogP contribution in [0.25, 0.3) is 0 Å². The first-order chi connectivity index (χ1) is 15.5. The van der Waals surface area contributed by atoms with Gasteiger partial charge in [-0.1, -0.05) is 18.2 Å². The standard InChI is InChI=1S/C24H24FN3O4/c1-31-21-13-9-19(10-14-21)27-24(30)28(20-11-7-18(25)8-12-20)16-15-26-23(29)17-32-22-5-3-2-4-6-22/h2-14H,15-17H2,1H3,(H,26,29)(H,27,30). The van der Waals surface area contributed by atoms with Crippen LogP contribution in [0.2, 0.25) is 0 Å². The minimum Gasteiger partial charge on any atom is -0.497 e. The quantitative estimate of drug-likeness (QED) is 0.529. The number of nitrogens with one attached hydrogen (secondary N) is 2. The number of hydrogen-bond acceptors (Lipinski definition) is 4. The van der Waals surface area contributed by atoms with E-state index < -0.39 is 11.8 Å². The van der Waals surface area contributed by atoms with Crippen LogP contribution in [0.4, 0.5) is 20.6 Å². The Labute approximate surface area is 185 Å². The monoisotopic (exact) mass is 437 g/mol. The molecule has 0 aliphatic heterocycles. The fraction of sp³-hybridized carbons (Fsp3) is 0.167. The third-order valence-electron chi connectivity index (χ3n) is 4.50. The van der Waals surface area contributed by atoms with Gasteiger partial charge in [0.2, 0.25) is 0 Å². The smallest absolute Gasteiger partial charge is 0.326 e. The summed E-state index contributed by atoms with van der Waals surface area (Å²) in [6.07, 6.45) is 0. The molecule has 0 aliphatic rings. The lowest BCUT2D eigenvalue weighted by Crippen LogP contribution is -2.42. The molecule has 0 saturated carbocycles. The molecule has 0 saturated heterocycles. The SMILES string of the molecule is COc1ccc(NC(=O)N(CCNC(=O)COc2ccccc2)c2ccc(F)cc2)cc1. The number of ether oxygens (including phenoxy) is 2. The fourth-order valence-electron chi connectivity index (χ4n) is 2.86. The van der Waals surface area contributed by atoms with Crippen molar-refractivity contribution in [1.29, 1.82) is 0 Å². The van der Waals surface area contributed by atoms with Gasteiger partial charge in [-0.3, -0.25) is 9.69 Å². The molecule has 0 aromatic heterocycles. The lowest BCUT2D eigenvalue weighted by molar-refractivity contribution is -0.123. The zero-order chi connectivity index (χ0) is 22.8. The molecular formula is C24H24FN3O4. The summed E-state index contributed by atoms with van der Waals surface area (Å²) in [5.41, 5.74) is 1.07. The van der Waals surface area contributed by atoms with Crippen molar-refractivity contribution in [3.63, 3.8) is 0 Å². The molecule has 0 heterocycles. The molecule has 0 unspecified atom stereocenters. The number of anilines is 2. The predicted molar refractivity (Wildman–Crippen MR) is 121 cm³/mol. The number of halogens is 1. The van der Waals surface area contributed by atoms with Crippen molar-refractivity contribution in [3.8, 4) is 11.5 Å². The zero-order valence-electron chi connectivity index (χ0n) is 17.6. The Bertz CT molecular complexity index is 1010. The number of carbonyl (C=O) groups excluding carboxylic acids is 2. The molecule has 2 N–H and O–H groups in total. The van der Waals surface area contributed by atoms with E-state index in [1.807, 2.05) is 18.2 Å². The summed E-state index contributed by atoms with van der Waals surface area (Å²) in [7, 11) is 1.56. The van der Waals surface area contributed by atoms with Gasteiger partial charge in [-0.2, -0.15) is 0 Å². The van der Waals surface area contributed by atoms with Crippen LogP contribution in [0.15, 0.2) is 78.9 Å². The van der Waals surface area contributed by atoms with Crippen LogP contribution in [0.5, 0.6) is 11.5 Å². The van der Waals surface area contributed by atoms with Crippen LogP contribution in [-0.4, -0.2) is 38.7 Å². The maximum atomic E-state index is 13.4. The normalized spacial score (nSPS) is 10.2. The van der Waals surface area contributed by atoms with Crippen molar-refractivity contribution in [2.24, 2.45) is 0 Å². The average Bonchev–Trinajstić information content (AvgIpc) is 2.82. The molecule has 32 heavy (non-hydrogen) atoms. The van der Waals surface area contributed by atoms with Crippen molar-refractivity contribution in [2.45, 2.75) is 0 Å². The molecule has 166 valence electrons. The molecule has 0 aliphatic carbocycles. The highest BCUT2D eigenvalue weighted by Gasteiger charge is 2.16. The minimum atomic E-state index is -0.420. The Hall–Kier alpha value is -4.07. The van der Waals surface area contributed by atoms with Crippen LogP contribution >= 0.6 is 0 Å². The van der Waals surface area contributed by atoms with Gasteiger partial charge in [-0.25, -0.2) is 9.18 Å². The number of benzene rings is 3. The summed E-state index contributed by atoms with van der Waals surface area (Å²) in [4.78, 5) is 26.4. The molecule has 3 rings (SSSR count). The Morgan fingerprint density at radius 1 is 0.906 bits per heavy atom. The van der Waals surface area contributed by atoms with Gasteiger partial charge in [-0.15, -0.1) is 0 Å². The van der Waals surface area contributed by atoms with Crippen molar-refractivity contribution in [2.75, 3.05) is 37.0 Å². The van der Waals surface area contributed by atoms with Crippen LogP contribution in [0, 0.1) is 5.82 Å². The van der Waals surface area contributed by atoms with E-state index in [0.717, 1.165) is 0 Å². The first kappa shape index (κ1) is 22.6. The highest BCUT2D eigenvalue weighted by atomic mass is 19.1. The average molecular weight is 437 g/mol. The maximum Gasteiger partial charge on any atom is 0.326 e. The number of nitrogens with zero attached hydrogens (tertiary/aromatic N) is 1. The minimum absolute atomic E-state index is 0.140. The van der Waals surface area contributed by atoms with E-state index in [-0.39, 0.29) is 25.6 Å². The third-order valence-corrected chi connectivity index (χ3v) is 4.50. The van der Waals surface area contributed by atoms with Gasteiger partial charge in [0.25, 0.3) is 5.91 Å². The second-order valence-electron chi connectivity index (χ2n) is 6.74. The molecule has 3 aromatic rings. The van der Waals surface area contributed by atoms with Crippen LogP contribution in [0.1, 0.15) is 0 Å². The summed E-state index contributed by atoms with van der Waals surface area (Å²) in [5.74, 6) is 0.535. The predicted octanol–water partition coefficient (Wildman–Crippen LogP) is 4.07. The molecule has 0 radical (unpaired) electrons. The summed E-state index contributed by atoms with van der Waals surface area (Å²) in [6, 6.07) is 21.0. The molecule has 3 amide bonds. The van der Waals surface area contributed by atoms with E-state index in [4.69, 9.17) is 9.47 Å². The first-order valence-electron chi connectivity index (χ1n) is 9.98. The van der Waals surface area contributed by atoms with Gasteiger partial charge in [0.15, 0.2) is 6.61 Å². The van der Waals surface area contributed by atoms with Gasteiger partial charge in [0.05, 0.1) is 7.11 Å². The Morgan fingerprint density at radius 2 is 1.59 bits per heavy atom. The van der Waals surface area contributed by atoms with E-state index in [0.29, 0.717) is 22.9 Å². The van der Waals surface area contributed by atoms with E-state index in [2.05, 4.69) is 10.6 Å². The second kappa shape index (κ2) is 11.4. The fourth-order valence-corrected chi connectivity index (χ4v) is 2.86. The number of hydrogen-bond donors (Lipinski definition) is 2. The molecule has 3 aromatic carbocycles. The lowest BCUT2D eigenvalue weighted by atomic mass is 10.2. The first-order valence-corrected chi connectivity index (χ1v) is 9.98. The Morgan fingerprint density at radius 3 is 2.25 bits per heavy atom.